The zero-order valence-corrected chi connectivity index (χ0v) is 10.7. The van der Waals surface area contributed by atoms with E-state index < -0.39 is 17.7 Å². The van der Waals surface area contributed by atoms with Gasteiger partial charge in [-0.1, -0.05) is 13.3 Å². The quantitative estimate of drug-likeness (QED) is 0.745. The molecule has 0 aromatic heterocycles. The lowest BCUT2D eigenvalue weighted by atomic mass is 10.0. The number of amides is 2. The fourth-order valence-corrected chi connectivity index (χ4v) is 1.63. The van der Waals surface area contributed by atoms with Crippen molar-refractivity contribution in [3.8, 4) is 0 Å². The van der Waals surface area contributed by atoms with Crippen LogP contribution < -0.4 is 10.6 Å². The second-order valence-electron chi connectivity index (χ2n) is 4.25. The number of hydrogen-bond acceptors (Lipinski definition) is 2. The van der Waals surface area contributed by atoms with Gasteiger partial charge in [0, 0.05) is 19.2 Å². The van der Waals surface area contributed by atoms with Crippen molar-refractivity contribution in [3.05, 3.63) is 29.8 Å². The largest absolute Gasteiger partial charge is 0.396 e. The molecular weight excluding hydrogens is 254 g/mol. The number of aliphatic hydroxyl groups excluding tert-OH is 1. The van der Waals surface area contributed by atoms with Crippen LogP contribution in [-0.4, -0.2) is 24.3 Å². The number of anilines is 1. The van der Waals surface area contributed by atoms with E-state index in [0.29, 0.717) is 19.0 Å². The van der Waals surface area contributed by atoms with Gasteiger partial charge in [-0.25, -0.2) is 13.6 Å². The number of urea groups is 1. The highest BCUT2D eigenvalue weighted by molar-refractivity contribution is 5.89. The molecule has 19 heavy (non-hydrogen) atoms. The van der Waals surface area contributed by atoms with Crippen molar-refractivity contribution in [2.45, 2.75) is 19.8 Å². The molecule has 1 rings (SSSR count). The van der Waals surface area contributed by atoms with Gasteiger partial charge in [0.2, 0.25) is 0 Å². The molecule has 1 aromatic carbocycles. The molecule has 4 nitrogen and oxygen atoms in total. The topological polar surface area (TPSA) is 61.4 Å². The minimum absolute atomic E-state index is 0.0639. The third-order valence-corrected chi connectivity index (χ3v) is 2.85. The van der Waals surface area contributed by atoms with E-state index in [1.807, 2.05) is 6.92 Å². The Morgan fingerprint density at radius 1 is 1.42 bits per heavy atom. The summed E-state index contributed by atoms with van der Waals surface area (Å²) >= 11 is 0. The Morgan fingerprint density at radius 3 is 2.74 bits per heavy atom. The SMILES string of the molecule is CCC(CCO)CNC(=O)Nc1ccc(F)cc1F. The predicted octanol–water partition coefficient (Wildman–Crippen LogP) is 2.49. The third-order valence-electron chi connectivity index (χ3n) is 2.85. The second-order valence-corrected chi connectivity index (χ2v) is 4.25. The first-order valence-electron chi connectivity index (χ1n) is 6.17. The van der Waals surface area contributed by atoms with Crippen molar-refractivity contribution in [3.63, 3.8) is 0 Å². The van der Waals surface area contributed by atoms with E-state index in [4.69, 9.17) is 5.11 Å². The van der Waals surface area contributed by atoms with E-state index in [0.717, 1.165) is 18.6 Å². The number of rotatable bonds is 6. The summed E-state index contributed by atoms with van der Waals surface area (Å²) in [5.41, 5.74) is -0.0749. The lowest BCUT2D eigenvalue weighted by Gasteiger charge is -2.15. The molecule has 0 saturated carbocycles. The normalized spacial score (nSPS) is 12.0. The highest BCUT2D eigenvalue weighted by atomic mass is 19.1. The van der Waals surface area contributed by atoms with Gasteiger partial charge in [0.25, 0.3) is 0 Å². The molecule has 1 aromatic rings. The van der Waals surface area contributed by atoms with Crippen LogP contribution in [0.15, 0.2) is 18.2 Å². The summed E-state index contributed by atoms with van der Waals surface area (Å²) in [6, 6.07) is 2.38. The van der Waals surface area contributed by atoms with Crippen LogP contribution >= 0.6 is 0 Å². The van der Waals surface area contributed by atoms with Crippen LogP contribution in [0.1, 0.15) is 19.8 Å². The minimum Gasteiger partial charge on any atom is -0.396 e. The number of hydrogen-bond donors (Lipinski definition) is 3. The summed E-state index contributed by atoms with van der Waals surface area (Å²) in [7, 11) is 0. The summed E-state index contributed by atoms with van der Waals surface area (Å²) in [6.45, 7) is 2.42. The molecule has 6 heteroatoms. The van der Waals surface area contributed by atoms with Crippen molar-refractivity contribution < 1.29 is 18.7 Å². The van der Waals surface area contributed by atoms with Crippen LogP contribution in [0.2, 0.25) is 0 Å². The van der Waals surface area contributed by atoms with Crippen molar-refractivity contribution >= 4 is 11.7 Å². The Morgan fingerprint density at radius 2 is 2.16 bits per heavy atom. The summed E-state index contributed by atoms with van der Waals surface area (Å²) in [4.78, 5) is 11.5. The lowest BCUT2D eigenvalue weighted by molar-refractivity contribution is 0.238. The van der Waals surface area contributed by atoms with Gasteiger partial charge in [-0.2, -0.15) is 0 Å². The van der Waals surface area contributed by atoms with Crippen LogP contribution in [0.4, 0.5) is 19.3 Å². The number of carbonyl (C=O) groups excluding carboxylic acids is 1. The maximum Gasteiger partial charge on any atom is 0.319 e. The molecule has 3 N–H and O–H groups in total. The van der Waals surface area contributed by atoms with Gasteiger partial charge in [-0.3, -0.25) is 0 Å². The molecule has 0 spiro atoms. The zero-order valence-electron chi connectivity index (χ0n) is 10.7. The maximum atomic E-state index is 13.3. The Hall–Kier alpha value is -1.69. The predicted molar refractivity (Wildman–Crippen MR) is 68.9 cm³/mol. The Balaban J connectivity index is 2.46. The average Bonchev–Trinajstić information content (AvgIpc) is 2.38. The first-order valence-corrected chi connectivity index (χ1v) is 6.17. The molecule has 0 aliphatic rings. The van der Waals surface area contributed by atoms with E-state index in [-0.39, 0.29) is 18.2 Å². The first-order chi connectivity index (χ1) is 9.06. The van der Waals surface area contributed by atoms with Gasteiger partial charge in [-0.15, -0.1) is 0 Å². The van der Waals surface area contributed by atoms with Crippen LogP contribution in [0, 0.1) is 17.6 Å². The van der Waals surface area contributed by atoms with Gasteiger partial charge >= 0.3 is 6.03 Å². The highest BCUT2D eigenvalue weighted by Gasteiger charge is 2.10. The molecule has 0 aliphatic carbocycles. The molecule has 106 valence electrons. The molecule has 0 aliphatic heterocycles. The fourth-order valence-electron chi connectivity index (χ4n) is 1.63. The first kappa shape index (κ1) is 15.4. The lowest BCUT2D eigenvalue weighted by Crippen LogP contribution is -2.33. The van der Waals surface area contributed by atoms with Crippen molar-refractivity contribution in [1.29, 1.82) is 0 Å². The summed E-state index contributed by atoms with van der Waals surface area (Å²) in [6.07, 6.45) is 1.42. The zero-order chi connectivity index (χ0) is 14.3. The van der Waals surface area contributed by atoms with Crippen molar-refractivity contribution in [2.75, 3.05) is 18.5 Å². The maximum absolute atomic E-state index is 13.3. The Kier molecular flexibility index (Phi) is 6.21. The fraction of sp³-hybridized carbons (Fsp3) is 0.462. The summed E-state index contributed by atoms with van der Waals surface area (Å²) < 4.78 is 26.0. The highest BCUT2D eigenvalue weighted by Crippen LogP contribution is 2.14. The van der Waals surface area contributed by atoms with Gasteiger partial charge < -0.3 is 15.7 Å². The van der Waals surface area contributed by atoms with Crippen LogP contribution in [0.25, 0.3) is 0 Å². The molecule has 0 fully saturated rings. The number of nitrogens with one attached hydrogen (secondary N) is 2. The molecule has 0 bridgehead atoms. The molecule has 0 heterocycles. The van der Waals surface area contributed by atoms with E-state index in [1.54, 1.807) is 0 Å². The van der Waals surface area contributed by atoms with Crippen LogP contribution in [0.5, 0.6) is 0 Å². The van der Waals surface area contributed by atoms with Crippen LogP contribution in [-0.2, 0) is 0 Å². The molecule has 2 amide bonds. The number of carbonyl (C=O) groups is 1. The smallest absolute Gasteiger partial charge is 0.319 e. The minimum atomic E-state index is -0.822. The van der Waals surface area contributed by atoms with Gasteiger partial charge in [0.1, 0.15) is 11.6 Å². The van der Waals surface area contributed by atoms with E-state index >= 15 is 0 Å². The molecule has 1 unspecified atom stereocenters. The molecular formula is C13H18F2N2O2. The molecule has 0 saturated heterocycles. The van der Waals surface area contributed by atoms with Gasteiger partial charge in [-0.05, 0) is 24.5 Å². The summed E-state index contributed by atoms with van der Waals surface area (Å²) in [5.74, 6) is -1.34. The third kappa shape index (κ3) is 5.21. The summed E-state index contributed by atoms with van der Waals surface area (Å²) in [5, 5.41) is 13.7. The standard InChI is InChI=1S/C13H18F2N2O2/c1-2-9(5-6-18)8-16-13(19)17-12-4-3-10(14)7-11(12)15/h3-4,7,9,18H,2,5-6,8H2,1H3,(H2,16,17,19). The molecule has 0 radical (unpaired) electrons. The van der Waals surface area contributed by atoms with E-state index in [9.17, 15) is 13.6 Å². The second kappa shape index (κ2) is 7.68. The van der Waals surface area contributed by atoms with Gasteiger partial charge in [0.15, 0.2) is 0 Å². The number of halogens is 2. The monoisotopic (exact) mass is 272 g/mol. The van der Waals surface area contributed by atoms with Gasteiger partial charge in [0.05, 0.1) is 5.69 Å². The van der Waals surface area contributed by atoms with E-state index in [1.165, 1.54) is 0 Å². The van der Waals surface area contributed by atoms with Crippen molar-refractivity contribution in [2.24, 2.45) is 5.92 Å². The van der Waals surface area contributed by atoms with Crippen LogP contribution in [0.3, 0.4) is 0 Å². The van der Waals surface area contributed by atoms with E-state index in [2.05, 4.69) is 10.6 Å². The number of benzene rings is 1. The molecule has 1 atom stereocenters. The Labute approximate surface area is 110 Å². The average molecular weight is 272 g/mol. The number of aliphatic hydroxyl groups is 1. The van der Waals surface area contributed by atoms with Crippen molar-refractivity contribution in [1.82, 2.24) is 5.32 Å². The Bertz CT molecular complexity index is 427.